The van der Waals surface area contributed by atoms with Gasteiger partial charge in [0.15, 0.2) is 0 Å². The Hall–Kier alpha value is -2.89. The highest BCUT2D eigenvalue weighted by Gasteiger charge is 2.51. The number of anilines is 1. The molecule has 3 aromatic rings. The summed E-state index contributed by atoms with van der Waals surface area (Å²) >= 11 is 0. The van der Waals surface area contributed by atoms with E-state index in [1.54, 1.807) is 6.07 Å². The van der Waals surface area contributed by atoms with E-state index in [2.05, 4.69) is 17.4 Å². The van der Waals surface area contributed by atoms with Gasteiger partial charge in [-0.3, -0.25) is 4.79 Å². The van der Waals surface area contributed by atoms with Crippen molar-refractivity contribution in [2.45, 2.75) is 45.3 Å². The van der Waals surface area contributed by atoms with E-state index in [-0.39, 0.29) is 5.91 Å². The Morgan fingerprint density at radius 1 is 0.806 bits per heavy atom. The fourth-order valence-corrected chi connectivity index (χ4v) is 3.55. The normalized spacial score (nSPS) is 16.8. The molecule has 0 unspecified atom stereocenters. The van der Waals surface area contributed by atoms with Crippen LogP contribution in [0.1, 0.15) is 49.2 Å². The molecule has 4 nitrogen and oxygen atoms in total. The highest BCUT2D eigenvalue weighted by molar-refractivity contribution is 6.62. The summed E-state index contributed by atoms with van der Waals surface area (Å²) in [6.45, 7) is 8.08. The van der Waals surface area contributed by atoms with Crippen molar-refractivity contribution in [1.29, 1.82) is 0 Å². The molecule has 158 valence electrons. The van der Waals surface area contributed by atoms with E-state index in [0.29, 0.717) is 5.56 Å². The van der Waals surface area contributed by atoms with Crippen LogP contribution in [0.5, 0.6) is 0 Å². The SMILES string of the molecule is CC1(C)OB(c2cccc(C(=O)Nc3ccc(Cc4ccccc4)cc3)c2)OC1(C)C. The molecular weight excluding hydrogens is 385 g/mol. The number of carbonyl (C=O) groups excluding carboxylic acids is 1. The summed E-state index contributed by atoms with van der Waals surface area (Å²) < 4.78 is 12.2. The Morgan fingerprint density at radius 3 is 2.06 bits per heavy atom. The van der Waals surface area contributed by atoms with Crippen molar-refractivity contribution in [2.75, 3.05) is 5.32 Å². The molecule has 3 aromatic carbocycles. The predicted octanol–water partition coefficient (Wildman–Crippen LogP) is 4.83. The van der Waals surface area contributed by atoms with Crippen LogP contribution in [-0.4, -0.2) is 24.2 Å². The van der Waals surface area contributed by atoms with Crippen LogP contribution in [0.2, 0.25) is 0 Å². The summed E-state index contributed by atoms with van der Waals surface area (Å²) in [5.41, 5.74) is 3.80. The summed E-state index contributed by atoms with van der Waals surface area (Å²) in [5, 5.41) is 2.98. The summed E-state index contributed by atoms with van der Waals surface area (Å²) in [6, 6.07) is 25.7. The number of hydrogen-bond acceptors (Lipinski definition) is 3. The third-order valence-electron chi connectivity index (χ3n) is 6.14. The summed E-state index contributed by atoms with van der Waals surface area (Å²) in [4.78, 5) is 12.8. The maximum absolute atomic E-state index is 12.8. The Kier molecular flexibility index (Phi) is 5.74. The Balaban J connectivity index is 1.43. The van der Waals surface area contributed by atoms with Gasteiger partial charge >= 0.3 is 7.12 Å². The van der Waals surface area contributed by atoms with Crippen molar-refractivity contribution in [1.82, 2.24) is 0 Å². The topological polar surface area (TPSA) is 47.6 Å². The minimum Gasteiger partial charge on any atom is -0.399 e. The van der Waals surface area contributed by atoms with Gasteiger partial charge in [-0.2, -0.15) is 0 Å². The molecular formula is C26H28BNO3. The van der Waals surface area contributed by atoms with E-state index >= 15 is 0 Å². The lowest BCUT2D eigenvalue weighted by molar-refractivity contribution is 0.00578. The van der Waals surface area contributed by atoms with Gasteiger partial charge in [0.1, 0.15) is 0 Å². The van der Waals surface area contributed by atoms with Crippen molar-refractivity contribution < 1.29 is 14.1 Å². The van der Waals surface area contributed by atoms with Crippen LogP contribution in [0.15, 0.2) is 78.9 Å². The van der Waals surface area contributed by atoms with Gasteiger partial charge in [0.05, 0.1) is 11.2 Å². The molecule has 5 heteroatoms. The van der Waals surface area contributed by atoms with E-state index in [1.807, 2.05) is 88.4 Å². The lowest BCUT2D eigenvalue weighted by Crippen LogP contribution is -2.41. The summed E-state index contributed by atoms with van der Waals surface area (Å²) in [7, 11) is -0.491. The standard InChI is InChI=1S/C26H28BNO3/c1-25(2)26(3,4)31-27(30-25)22-12-8-11-21(18-22)24(29)28-23-15-13-20(14-16-23)17-19-9-6-5-7-10-19/h5-16,18H,17H2,1-4H3,(H,28,29). The first-order valence-electron chi connectivity index (χ1n) is 10.6. The molecule has 31 heavy (non-hydrogen) atoms. The van der Waals surface area contributed by atoms with E-state index in [4.69, 9.17) is 9.31 Å². The molecule has 1 saturated heterocycles. The third-order valence-corrected chi connectivity index (χ3v) is 6.14. The fraction of sp³-hybridized carbons (Fsp3) is 0.269. The molecule has 1 amide bonds. The van der Waals surface area contributed by atoms with Crippen molar-refractivity contribution in [3.05, 3.63) is 95.6 Å². The molecule has 0 radical (unpaired) electrons. The highest BCUT2D eigenvalue weighted by Crippen LogP contribution is 2.36. The summed E-state index contributed by atoms with van der Waals surface area (Å²) in [6.07, 6.45) is 0.866. The molecule has 1 aliphatic heterocycles. The van der Waals surface area contributed by atoms with Gasteiger partial charge in [-0.1, -0.05) is 54.6 Å². The molecule has 0 atom stereocenters. The van der Waals surface area contributed by atoms with Gasteiger partial charge in [0, 0.05) is 11.3 Å². The van der Waals surface area contributed by atoms with Crippen LogP contribution >= 0.6 is 0 Å². The van der Waals surface area contributed by atoms with Crippen LogP contribution in [0.3, 0.4) is 0 Å². The largest absolute Gasteiger partial charge is 0.494 e. The Morgan fingerprint density at radius 2 is 1.42 bits per heavy atom. The average molecular weight is 413 g/mol. The molecule has 4 rings (SSSR count). The number of amides is 1. The zero-order chi connectivity index (χ0) is 22.1. The molecule has 1 fully saturated rings. The number of nitrogens with one attached hydrogen (secondary N) is 1. The van der Waals surface area contributed by atoms with Crippen LogP contribution in [0.4, 0.5) is 5.69 Å². The van der Waals surface area contributed by atoms with Crippen LogP contribution in [0.25, 0.3) is 0 Å². The first-order chi connectivity index (χ1) is 14.7. The van der Waals surface area contributed by atoms with Gasteiger partial charge in [-0.15, -0.1) is 0 Å². The predicted molar refractivity (Wildman–Crippen MR) is 126 cm³/mol. The summed E-state index contributed by atoms with van der Waals surface area (Å²) in [5.74, 6) is -0.158. The Labute approximate surface area is 184 Å². The van der Waals surface area contributed by atoms with Crippen LogP contribution < -0.4 is 10.8 Å². The number of rotatable bonds is 5. The quantitative estimate of drug-likeness (QED) is 0.610. The van der Waals surface area contributed by atoms with Crippen molar-refractivity contribution in [3.63, 3.8) is 0 Å². The van der Waals surface area contributed by atoms with E-state index in [9.17, 15) is 4.79 Å². The van der Waals surface area contributed by atoms with Crippen molar-refractivity contribution in [2.24, 2.45) is 0 Å². The fourth-order valence-electron chi connectivity index (χ4n) is 3.55. The minimum atomic E-state index is -0.491. The molecule has 1 N–H and O–H groups in total. The number of hydrogen-bond donors (Lipinski definition) is 1. The second kappa shape index (κ2) is 8.33. The van der Waals surface area contributed by atoms with Crippen LogP contribution in [0, 0.1) is 0 Å². The van der Waals surface area contributed by atoms with Gasteiger partial charge in [0.25, 0.3) is 5.91 Å². The van der Waals surface area contributed by atoms with Gasteiger partial charge in [-0.05, 0) is 75.0 Å². The molecule has 0 bridgehead atoms. The molecule has 0 aromatic heterocycles. The zero-order valence-corrected chi connectivity index (χ0v) is 18.5. The van der Waals surface area contributed by atoms with Gasteiger partial charge < -0.3 is 14.6 Å². The molecule has 0 spiro atoms. The number of benzene rings is 3. The second-order valence-electron chi connectivity index (χ2n) is 9.03. The monoisotopic (exact) mass is 413 g/mol. The molecule has 1 aliphatic rings. The van der Waals surface area contributed by atoms with Crippen molar-refractivity contribution >= 4 is 24.2 Å². The molecule has 0 saturated carbocycles. The maximum atomic E-state index is 12.8. The zero-order valence-electron chi connectivity index (χ0n) is 18.5. The highest BCUT2D eigenvalue weighted by atomic mass is 16.7. The second-order valence-corrected chi connectivity index (χ2v) is 9.03. The minimum absolute atomic E-state index is 0.158. The van der Waals surface area contributed by atoms with E-state index in [1.165, 1.54) is 11.1 Å². The van der Waals surface area contributed by atoms with E-state index < -0.39 is 18.3 Å². The molecule has 0 aliphatic carbocycles. The first-order valence-corrected chi connectivity index (χ1v) is 10.6. The Bertz CT molecular complexity index is 1050. The maximum Gasteiger partial charge on any atom is 0.494 e. The van der Waals surface area contributed by atoms with Crippen LogP contribution in [-0.2, 0) is 15.7 Å². The first kappa shape index (κ1) is 21.4. The van der Waals surface area contributed by atoms with E-state index in [0.717, 1.165) is 17.6 Å². The average Bonchev–Trinajstić information content (AvgIpc) is 2.97. The van der Waals surface area contributed by atoms with Crippen molar-refractivity contribution in [3.8, 4) is 0 Å². The number of carbonyl (C=O) groups is 1. The van der Waals surface area contributed by atoms with Gasteiger partial charge in [0.2, 0.25) is 0 Å². The van der Waals surface area contributed by atoms with Gasteiger partial charge in [-0.25, -0.2) is 0 Å². The lowest BCUT2D eigenvalue weighted by atomic mass is 9.78. The lowest BCUT2D eigenvalue weighted by Gasteiger charge is -2.32. The molecule has 1 heterocycles. The third kappa shape index (κ3) is 4.73. The smallest absolute Gasteiger partial charge is 0.399 e.